The highest BCUT2D eigenvalue weighted by Crippen LogP contribution is 2.34. The van der Waals surface area contributed by atoms with Crippen molar-refractivity contribution in [2.75, 3.05) is 26.2 Å². The number of nitrogens with zero attached hydrogens (tertiary/aromatic N) is 1. The largest absolute Gasteiger partial charge is 0.573 e. The van der Waals surface area contributed by atoms with E-state index in [4.69, 9.17) is 4.74 Å². The number of rotatable bonds is 3. The maximum atomic E-state index is 14.4. The molecule has 0 saturated carbocycles. The first-order valence-corrected chi connectivity index (χ1v) is 7.41. The van der Waals surface area contributed by atoms with Gasteiger partial charge in [-0.3, -0.25) is 0 Å². The molecule has 1 aromatic rings. The van der Waals surface area contributed by atoms with Gasteiger partial charge in [-0.1, -0.05) is 12.1 Å². The number of hydrogen-bond donors (Lipinski definition) is 1. The molecule has 9 heteroatoms. The van der Waals surface area contributed by atoms with Crippen LogP contribution in [0.25, 0.3) is 0 Å². The van der Waals surface area contributed by atoms with Crippen molar-refractivity contribution in [3.05, 3.63) is 29.8 Å². The zero-order valence-electron chi connectivity index (χ0n) is 12.6. The van der Waals surface area contributed by atoms with Crippen LogP contribution in [0.2, 0.25) is 0 Å². The molecule has 24 heavy (non-hydrogen) atoms. The molecule has 132 valence electrons. The van der Waals surface area contributed by atoms with Crippen LogP contribution in [-0.4, -0.2) is 49.2 Å². The molecular formula is C15H16F4N2O3. The third kappa shape index (κ3) is 3.72. The highest BCUT2D eigenvalue weighted by atomic mass is 19.4. The van der Waals surface area contributed by atoms with Crippen molar-refractivity contribution in [1.29, 1.82) is 0 Å². The number of hydrogen-bond acceptors (Lipinski definition) is 4. The Balaban J connectivity index is 1.50. The number of nitrogens with one attached hydrogen (secondary N) is 1. The fourth-order valence-electron chi connectivity index (χ4n) is 3.01. The minimum atomic E-state index is -4.75. The van der Waals surface area contributed by atoms with Crippen molar-refractivity contribution in [1.82, 2.24) is 10.2 Å². The molecule has 0 radical (unpaired) electrons. The number of likely N-dealkylation sites (tertiary alicyclic amines) is 1. The maximum absolute atomic E-state index is 14.4. The van der Waals surface area contributed by atoms with Gasteiger partial charge in [-0.15, -0.1) is 13.2 Å². The average molecular weight is 348 g/mol. The van der Waals surface area contributed by atoms with E-state index in [-0.39, 0.29) is 31.4 Å². The summed E-state index contributed by atoms with van der Waals surface area (Å²) < 4.78 is 59.5. The van der Waals surface area contributed by atoms with E-state index in [0.717, 1.165) is 12.1 Å². The van der Waals surface area contributed by atoms with Crippen molar-refractivity contribution in [2.45, 2.75) is 18.6 Å². The van der Waals surface area contributed by atoms with Gasteiger partial charge >= 0.3 is 12.5 Å². The molecule has 5 nitrogen and oxygen atoms in total. The molecule has 0 spiro atoms. The summed E-state index contributed by atoms with van der Waals surface area (Å²) >= 11 is 0. The monoisotopic (exact) mass is 348 g/mol. The zero-order chi connectivity index (χ0) is 17.4. The van der Waals surface area contributed by atoms with Gasteiger partial charge < -0.3 is 19.7 Å². The summed E-state index contributed by atoms with van der Waals surface area (Å²) in [5.41, 5.74) is -0.899. The van der Waals surface area contributed by atoms with Gasteiger partial charge in [0.05, 0.1) is 6.54 Å². The van der Waals surface area contributed by atoms with E-state index in [1.165, 1.54) is 17.0 Å². The van der Waals surface area contributed by atoms with Crippen LogP contribution in [0.5, 0.6) is 5.75 Å². The third-order valence-electron chi connectivity index (χ3n) is 4.21. The Morgan fingerprint density at radius 3 is 2.67 bits per heavy atom. The van der Waals surface area contributed by atoms with E-state index >= 15 is 0 Å². The lowest BCUT2D eigenvalue weighted by Gasteiger charge is -2.19. The number of amides is 1. The smallest absolute Gasteiger partial charge is 0.445 e. The van der Waals surface area contributed by atoms with Crippen LogP contribution in [0.1, 0.15) is 5.56 Å². The zero-order valence-corrected chi connectivity index (χ0v) is 12.6. The molecule has 2 aliphatic heterocycles. The second kappa shape index (κ2) is 6.12. The van der Waals surface area contributed by atoms with Crippen molar-refractivity contribution < 1.29 is 31.8 Å². The summed E-state index contributed by atoms with van der Waals surface area (Å²) in [6.07, 6.45) is -5.38. The topological polar surface area (TPSA) is 50.8 Å². The minimum Gasteiger partial charge on any atom is -0.445 e. The molecule has 2 heterocycles. The summed E-state index contributed by atoms with van der Waals surface area (Å²) in [6.45, 7) is 0.926. The number of carbonyl (C=O) groups excluding carboxylic acids is 1. The first kappa shape index (κ1) is 16.8. The van der Waals surface area contributed by atoms with Gasteiger partial charge in [0, 0.05) is 25.6 Å². The molecule has 3 rings (SSSR count). The second-order valence-corrected chi connectivity index (χ2v) is 5.99. The van der Waals surface area contributed by atoms with Crippen LogP contribution in [0, 0.1) is 5.92 Å². The second-order valence-electron chi connectivity index (χ2n) is 5.99. The van der Waals surface area contributed by atoms with Crippen LogP contribution in [0.3, 0.4) is 0 Å². The fraction of sp³-hybridized carbons (Fsp3) is 0.533. The number of ether oxygens (including phenoxy) is 2. The SMILES string of the molecule is O=C(OCc1ccc(OC(F)(F)F)cc1)N1C[C@H]2CNC[C@]2(F)C1. The molecule has 0 aliphatic carbocycles. The Labute approximate surface area is 135 Å². The molecule has 2 aliphatic rings. The Bertz CT molecular complexity index is 608. The summed E-state index contributed by atoms with van der Waals surface area (Å²) in [5.74, 6) is -0.583. The van der Waals surface area contributed by atoms with E-state index in [1.54, 1.807) is 0 Å². The summed E-state index contributed by atoms with van der Waals surface area (Å²) in [4.78, 5) is 13.3. The molecule has 1 aromatic carbocycles. The van der Waals surface area contributed by atoms with Crippen LogP contribution in [0.4, 0.5) is 22.4 Å². The Hall–Kier alpha value is -2.03. The van der Waals surface area contributed by atoms with Crippen LogP contribution >= 0.6 is 0 Å². The van der Waals surface area contributed by atoms with Crippen molar-refractivity contribution in [2.24, 2.45) is 5.92 Å². The first-order valence-electron chi connectivity index (χ1n) is 7.41. The van der Waals surface area contributed by atoms with Crippen LogP contribution < -0.4 is 10.1 Å². The summed E-state index contributed by atoms with van der Waals surface area (Å²) in [5, 5.41) is 2.96. The van der Waals surface area contributed by atoms with Gasteiger partial charge in [-0.2, -0.15) is 0 Å². The molecule has 0 aromatic heterocycles. The van der Waals surface area contributed by atoms with Crippen LogP contribution in [0.15, 0.2) is 24.3 Å². The summed E-state index contributed by atoms with van der Waals surface area (Å²) in [6, 6.07) is 5.01. The fourth-order valence-corrected chi connectivity index (χ4v) is 3.01. The number of alkyl halides is 4. The molecule has 1 N–H and O–H groups in total. The number of carbonyl (C=O) groups is 1. The van der Waals surface area contributed by atoms with Gasteiger partial charge in [-0.25, -0.2) is 9.18 Å². The standard InChI is InChI=1S/C15H16F4N2O3/c16-14-8-20-5-11(14)6-21(9-14)13(22)23-7-10-1-3-12(4-2-10)24-15(17,18)19/h1-4,11,20H,5-9H2/t11-,14+/m1/s1. The highest BCUT2D eigenvalue weighted by molar-refractivity contribution is 5.68. The molecule has 0 unspecified atom stereocenters. The molecular weight excluding hydrogens is 332 g/mol. The predicted octanol–water partition coefficient (Wildman–Crippen LogP) is 2.47. The van der Waals surface area contributed by atoms with Gasteiger partial charge in [0.15, 0.2) is 0 Å². The van der Waals surface area contributed by atoms with Crippen molar-refractivity contribution in [3.8, 4) is 5.75 Å². The highest BCUT2D eigenvalue weighted by Gasteiger charge is 2.52. The van der Waals surface area contributed by atoms with Gasteiger partial charge in [-0.05, 0) is 17.7 Å². The minimum absolute atomic E-state index is 0.0120. The number of halogens is 4. The molecule has 2 saturated heterocycles. The lowest BCUT2D eigenvalue weighted by molar-refractivity contribution is -0.274. The first-order chi connectivity index (χ1) is 11.3. The van der Waals surface area contributed by atoms with Gasteiger partial charge in [0.1, 0.15) is 18.0 Å². The lowest BCUT2D eigenvalue weighted by Crippen LogP contribution is -2.37. The van der Waals surface area contributed by atoms with E-state index < -0.39 is 18.1 Å². The molecule has 1 amide bonds. The number of benzene rings is 1. The van der Waals surface area contributed by atoms with E-state index in [1.807, 2.05) is 0 Å². The van der Waals surface area contributed by atoms with E-state index in [2.05, 4.69) is 10.1 Å². The normalized spacial score (nSPS) is 26.3. The van der Waals surface area contributed by atoms with Crippen LogP contribution in [-0.2, 0) is 11.3 Å². The van der Waals surface area contributed by atoms with E-state index in [0.29, 0.717) is 18.7 Å². The Kier molecular flexibility index (Phi) is 4.29. The average Bonchev–Trinajstić information content (AvgIpc) is 2.99. The maximum Gasteiger partial charge on any atom is 0.573 e. The molecule has 0 bridgehead atoms. The predicted molar refractivity (Wildman–Crippen MR) is 75.1 cm³/mol. The Morgan fingerprint density at radius 2 is 2.04 bits per heavy atom. The van der Waals surface area contributed by atoms with E-state index in [9.17, 15) is 22.4 Å². The van der Waals surface area contributed by atoms with Gasteiger partial charge in [0.2, 0.25) is 0 Å². The molecule has 2 atom stereocenters. The lowest BCUT2D eigenvalue weighted by atomic mass is 9.97. The molecule has 2 fully saturated rings. The quantitative estimate of drug-likeness (QED) is 0.853. The third-order valence-corrected chi connectivity index (χ3v) is 4.21. The van der Waals surface area contributed by atoms with Crippen molar-refractivity contribution >= 4 is 6.09 Å². The number of fused-ring (bicyclic) bond motifs is 1. The van der Waals surface area contributed by atoms with Crippen molar-refractivity contribution in [3.63, 3.8) is 0 Å². The van der Waals surface area contributed by atoms with Gasteiger partial charge in [0.25, 0.3) is 0 Å². The Morgan fingerprint density at radius 1 is 1.33 bits per heavy atom. The summed E-state index contributed by atoms with van der Waals surface area (Å²) in [7, 11) is 0.